The summed E-state index contributed by atoms with van der Waals surface area (Å²) in [7, 11) is 0. The fourth-order valence-electron chi connectivity index (χ4n) is 4.66. The summed E-state index contributed by atoms with van der Waals surface area (Å²) in [4.78, 5) is 26.4. The highest BCUT2D eigenvalue weighted by Crippen LogP contribution is 2.30. The van der Waals surface area contributed by atoms with Gasteiger partial charge in [-0.3, -0.25) is 10.1 Å². The molecule has 5 N–H and O–H groups in total. The van der Waals surface area contributed by atoms with Crippen LogP contribution in [0.3, 0.4) is 0 Å². The number of fused-ring (bicyclic) bond motifs is 1. The van der Waals surface area contributed by atoms with Gasteiger partial charge in [0.15, 0.2) is 12.2 Å². The van der Waals surface area contributed by atoms with Gasteiger partial charge >= 0.3 is 6.09 Å². The van der Waals surface area contributed by atoms with Crippen LogP contribution in [-0.2, 0) is 9.53 Å². The largest absolute Gasteiger partial charge is 0.491 e. The molecular formula is C36H33N3O6. The molecule has 228 valence electrons. The van der Waals surface area contributed by atoms with Crippen LogP contribution in [0, 0.1) is 0 Å². The molecule has 0 aliphatic heterocycles. The van der Waals surface area contributed by atoms with Crippen molar-refractivity contribution in [3.63, 3.8) is 0 Å². The summed E-state index contributed by atoms with van der Waals surface area (Å²) < 4.78 is 17.9. The minimum atomic E-state index is -1.00. The molecular weight excluding hydrogens is 570 g/mol. The molecule has 0 heterocycles. The Labute approximate surface area is 260 Å². The normalized spacial score (nSPS) is 12.3. The van der Waals surface area contributed by atoms with Crippen molar-refractivity contribution in [3.05, 3.63) is 139 Å². The highest BCUT2D eigenvalue weighted by atomic mass is 16.6. The molecule has 0 saturated carbocycles. The maximum Gasteiger partial charge on any atom is 0.412 e. The second-order valence-electron chi connectivity index (χ2n) is 9.95. The number of nitrogens with one attached hydrogen (secondary N) is 2. The molecule has 0 spiro atoms. The number of carbonyl (C=O) groups excluding carboxylic acids is 2. The van der Waals surface area contributed by atoms with E-state index in [0.717, 1.165) is 10.8 Å². The number of aliphatic hydroxyl groups is 1. The minimum absolute atomic E-state index is 0.129. The lowest BCUT2D eigenvalue weighted by Crippen LogP contribution is -2.30. The van der Waals surface area contributed by atoms with Gasteiger partial charge in [-0.05, 0) is 59.5 Å². The average molecular weight is 604 g/mol. The number of ether oxygens (including phenoxy) is 3. The van der Waals surface area contributed by atoms with E-state index in [1.54, 1.807) is 66.7 Å². The zero-order valence-electron chi connectivity index (χ0n) is 24.3. The molecule has 45 heavy (non-hydrogen) atoms. The predicted molar refractivity (Wildman–Crippen MR) is 175 cm³/mol. The lowest BCUT2D eigenvalue weighted by molar-refractivity contribution is -0.112. The summed E-state index contributed by atoms with van der Waals surface area (Å²) >= 11 is 0. The second-order valence-corrected chi connectivity index (χ2v) is 9.95. The summed E-state index contributed by atoms with van der Waals surface area (Å²) in [6.07, 6.45) is 0.200. The van der Waals surface area contributed by atoms with E-state index in [-0.39, 0.29) is 13.2 Å². The van der Waals surface area contributed by atoms with Crippen molar-refractivity contribution in [2.45, 2.75) is 12.2 Å². The van der Waals surface area contributed by atoms with Crippen LogP contribution >= 0.6 is 0 Å². The van der Waals surface area contributed by atoms with Gasteiger partial charge < -0.3 is 30.4 Å². The van der Waals surface area contributed by atoms with E-state index < -0.39 is 24.2 Å². The van der Waals surface area contributed by atoms with E-state index in [1.165, 1.54) is 12.2 Å². The van der Waals surface area contributed by atoms with Crippen LogP contribution in [0.1, 0.15) is 11.7 Å². The molecule has 5 aromatic carbocycles. The van der Waals surface area contributed by atoms with Gasteiger partial charge in [0, 0.05) is 11.5 Å². The summed E-state index contributed by atoms with van der Waals surface area (Å²) in [6, 6.07) is 36.1. The SMILES string of the molecule is Nc1ccccc1NC(=O)/C=C/[C@H](Oc1ccccc1)[C@@H](OC(=O)Nc1cccc2ccccc12)c1ccc(OCCO)cc1. The van der Waals surface area contributed by atoms with Gasteiger partial charge in [0.25, 0.3) is 0 Å². The Hall–Kier alpha value is -5.80. The summed E-state index contributed by atoms with van der Waals surface area (Å²) in [5.74, 6) is 0.592. The molecule has 0 aliphatic carbocycles. The third-order valence-corrected chi connectivity index (χ3v) is 6.80. The summed E-state index contributed by atoms with van der Waals surface area (Å²) in [5, 5.41) is 16.6. The van der Waals surface area contributed by atoms with E-state index in [1.807, 2.05) is 54.6 Å². The first kappa shape index (κ1) is 30.7. The molecule has 5 aromatic rings. The van der Waals surface area contributed by atoms with Crippen molar-refractivity contribution in [2.24, 2.45) is 0 Å². The van der Waals surface area contributed by atoms with E-state index >= 15 is 0 Å². The Morgan fingerprint density at radius 3 is 2.22 bits per heavy atom. The van der Waals surface area contributed by atoms with Crippen LogP contribution in [-0.4, -0.2) is 36.4 Å². The molecule has 0 bridgehead atoms. The Balaban J connectivity index is 1.46. The number of nitrogens with two attached hydrogens (primary N) is 1. The smallest absolute Gasteiger partial charge is 0.412 e. The third kappa shape index (κ3) is 8.40. The first-order valence-electron chi connectivity index (χ1n) is 14.3. The van der Waals surface area contributed by atoms with Gasteiger partial charge in [-0.1, -0.05) is 78.9 Å². The Morgan fingerprint density at radius 2 is 1.44 bits per heavy atom. The second kappa shape index (κ2) is 15.1. The molecule has 9 heteroatoms. The lowest BCUT2D eigenvalue weighted by atomic mass is 10.0. The van der Waals surface area contributed by atoms with Crippen molar-refractivity contribution in [3.8, 4) is 11.5 Å². The van der Waals surface area contributed by atoms with Gasteiger partial charge in [-0.25, -0.2) is 4.79 Å². The number of aliphatic hydroxyl groups excluding tert-OH is 1. The first-order valence-corrected chi connectivity index (χ1v) is 14.3. The van der Waals surface area contributed by atoms with E-state index in [4.69, 9.17) is 25.1 Å². The highest BCUT2D eigenvalue weighted by molar-refractivity contribution is 6.01. The fourth-order valence-corrected chi connectivity index (χ4v) is 4.66. The number of para-hydroxylation sites is 3. The van der Waals surface area contributed by atoms with Crippen LogP contribution in [0.25, 0.3) is 10.8 Å². The molecule has 9 nitrogen and oxygen atoms in total. The Kier molecular flexibility index (Phi) is 10.3. The van der Waals surface area contributed by atoms with Gasteiger partial charge in [0.05, 0.1) is 23.7 Å². The van der Waals surface area contributed by atoms with E-state index in [2.05, 4.69) is 10.6 Å². The molecule has 0 radical (unpaired) electrons. The standard InChI is InChI=1S/C36H33N3O6/c37-30-14-6-7-15-32(30)38-34(41)22-21-33(44-28-11-2-1-3-12-28)35(26-17-19-27(20-18-26)43-24-23-40)45-36(42)39-31-16-8-10-25-9-4-5-13-29(25)31/h1-22,33,35,40H,23-24,37H2,(H,38,41)(H,39,42)/b22-21+/t33-,35-/m0/s1. The number of hydrogen-bond donors (Lipinski definition) is 4. The number of hydrogen-bond acceptors (Lipinski definition) is 7. The average Bonchev–Trinajstić information content (AvgIpc) is 3.07. The zero-order valence-corrected chi connectivity index (χ0v) is 24.3. The molecule has 0 unspecified atom stereocenters. The third-order valence-electron chi connectivity index (χ3n) is 6.80. The molecule has 0 fully saturated rings. The van der Waals surface area contributed by atoms with E-state index in [0.29, 0.717) is 34.1 Å². The van der Waals surface area contributed by atoms with Crippen molar-refractivity contribution < 1.29 is 28.9 Å². The molecule has 0 aromatic heterocycles. The number of nitrogen functional groups attached to an aromatic ring is 1. The van der Waals surface area contributed by atoms with Crippen LogP contribution in [0.4, 0.5) is 21.9 Å². The molecule has 0 aliphatic rings. The fraction of sp³-hybridized carbons (Fsp3) is 0.111. The van der Waals surface area contributed by atoms with Crippen LogP contribution < -0.4 is 25.8 Å². The topological polar surface area (TPSA) is 132 Å². The van der Waals surface area contributed by atoms with Crippen molar-refractivity contribution in [2.75, 3.05) is 29.6 Å². The Bertz CT molecular complexity index is 1750. The number of rotatable bonds is 12. The molecule has 0 saturated heterocycles. The molecule has 2 amide bonds. The minimum Gasteiger partial charge on any atom is -0.491 e. The monoisotopic (exact) mass is 603 g/mol. The number of anilines is 3. The maximum absolute atomic E-state index is 13.5. The van der Waals surface area contributed by atoms with Crippen LogP contribution in [0.5, 0.6) is 11.5 Å². The lowest BCUT2D eigenvalue weighted by Gasteiger charge is -2.26. The van der Waals surface area contributed by atoms with Gasteiger partial charge in [0.2, 0.25) is 5.91 Å². The van der Waals surface area contributed by atoms with E-state index in [9.17, 15) is 9.59 Å². The summed E-state index contributed by atoms with van der Waals surface area (Å²) in [6.45, 7) is 0.00649. The Morgan fingerprint density at radius 1 is 0.756 bits per heavy atom. The first-order chi connectivity index (χ1) is 22.0. The molecule has 2 atom stereocenters. The zero-order chi connectivity index (χ0) is 31.4. The van der Waals surface area contributed by atoms with Crippen LogP contribution in [0.15, 0.2) is 133 Å². The van der Waals surface area contributed by atoms with Gasteiger partial charge in [0.1, 0.15) is 18.1 Å². The van der Waals surface area contributed by atoms with Gasteiger partial charge in [-0.2, -0.15) is 0 Å². The van der Waals surface area contributed by atoms with Gasteiger partial charge in [-0.15, -0.1) is 0 Å². The predicted octanol–water partition coefficient (Wildman–Crippen LogP) is 6.73. The van der Waals surface area contributed by atoms with Crippen molar-refractivity contribution in [1.82, 2.24) is 0 Å². The quantitative estimate of drug-likeness (QED) is 0.0919. The van der Waals surface area contributed by atoms with Crippen molar-refractivity contribution in [1.29, 1.82) is 0 Å². The number of benzene rings is 5. The molecule has 5 rings (SSSR count). The van der Waals surface area contributed by atoms with Crippen LogP contribution in [0.2, 0.25) is 0 Å². The highest BCUT2D eigenvalue weighted by Gasteiger charge is 2.28. The number of carbonyl (C=O) groups is 2. The summed E-state index contributed by atoms with van der Waals surface area (Å²) in [5.41, 5.74) is 8.05. The number of amides is 2. The van der Waals surface area contributed by atoms with Crippen molar-refractivity contribution >= 4 is 39.8 Å². The maximum atomic E-state index is 13.5.